The lowest BCUT2D eigenvalue weighted by Gasteiger charge is -2.03. The smallest absolute Gasteiger partial charge is 0.343 e. The van der Waals surface area contributed by atoms with Gasteiger partial charge in [0.15, 0.2) is 0 Å². The van der Waals surface area contributed by atoms with Crippen molar-refractivity contribution in [2.24, 2.45) is 0 Å². The SMILES string of the molecule is C=CCn1c([N+](=O)[O-])cnc1C=C(C)SC(C)=Cc1ncc([N+](=O)[O-])n1CC=C. The van der Waals surface area contributed by atoms with Gasteiger partial charge in [0.2, 0.25) is 11.6 Å². The van der Waals surface area contributed by atoms with Gasteiger partial charge in [-0.25, -0.2) is 19.1 Å². The molecule has 0 aliphatic carbocycles. The van der Waals surface area contributed by atoms with Gasteiger partial charge in [-0.15, -0.1) is 0 Å². The summed E-state index contributed by atoms with van der Waals surface area (Å²) in [5.41, 5.74) is 0. The third-order valence-electron chi connectivity index (χ3n) is 3.71. The molecule has 0 spiro atoms. The largest absolute Gasteiger partial charge is 0.358 e. The summed E-state index contributed by atoms with van der Waals surface area (Å²) in [5, 5.41) is 22.2. The number of nitrogens with zero attached hydrogens (tertiary/aromatic N) is 6. The second-order valence-corrected chi connectivity index (χ2v) is 7.37. The first-order chi connectivity index (χ1) is 13.8. The molecule has 11 heteroatoms. The van der Waals surface area contributed by atoms with E-state index in [4.69, 9.17) is 0 Å². The Morgan fingerprint density at radius 3 is 1.66 bits per heavy atom. The first-order valence-corrected chi connectivity index (χ1v) is 9.26. The minimum atomic E-state index is -0.492. The van der Waals surface area contributed by atoms with E-state index in [0.29, 0.717) is 11.6 Å². The maximum absolute atomic E-state index is 11.1. The van der Waals surface area contributed by atoms with Crippen LogP contribution in [0.25, 0.3) is 12.2 Å². The maximum atomic E-state index is 11.1. The fourth-order valence-electron chi connectivity index (χ4n) is 2.59. The quantitative estimate of drug-likeness (QED) is 0.319. The molecular weight excluding hydrogens is 396 g/mol. The molecule has 0 saturated carbocycles. The van der Waals surface area contributed by atoms with Gasteiger partial charge in [-0.3, -0.25) is 0 Å². The number of imidazole rings is 2. The maximum Gasteiger partial charge on any atom is 0.343 e. The third-order valence-corrected chi connectivity index (χ3v) is 4.59. The van der Waals surface area contributed by atoms with Gasteiger partial charge in [-0.2, -0.15) is 0 Å². The van der Waals surface area contributed by atoms with Crippen LogP contribution in [0.15, 0.2) is 47.5 Å². The van der Waals surface area contributed by atoms with E-state index in [9.17, 15) is 20.2 Å². The van der Waals surface area contributed by atoms with Gasteiger partial charge >= 0.3 is 11.6 Å². The Kier molecular flexibility index (Phi) is 7.26. The Labute approximate surface area is 171 Å². The van der Waals surface area contributed by atoms with Crippen LogP contribution in [0.3, 0.4) is 0 Å². The van der Waals surface area contributed by atoms with E-state index in [2.05, 4.69) is 23.1 Å². The van der Waals surface area contributed by atoms with Crippen molar-refractivity contribution in [3.8, 4) is 0 Å². The molecule has 29 heavy (non-hydrogen) atoms. The highest BCUT2D eigenvalue weighted by Gasteiger charge is 2.19. The van der Waals surface area contributed by atoms with Crippen molar-refractivity contribution in [3.05, 3.63) is 79.4 Å². The van der Waals surface area contributed by atoms with Crippen LogP contribution in [0.1, 0.15) is 25.5 Å². The number of hydrogen-bond donors (Lipinski definition) is 0. The molecule has 0 saturated heterocycles. The molecule has 0 aromatic carbocycles. The van der Waals surface area contributed by atoms with Crippen LogP contribution in [0.5, 0.6) is 0 Å². The van der Waals surface area contributed by atoms with Gasteiger partial charge in [-0.05, 0) is 33.5 Å². The number of hydrogen-bond acceptors (Lipinski definition) is 7. The van der Waals surface area contributed by atoms with Crippen molar-refractivity contribution < 1.29 is 9.85 Å². The summed E-state index contributed by atoms with van der Waals surface area (Å²) in [6.45, 7) is 11.5. The molecule has 0 N–H and O–H groups in total. The Balaban J connectivity index is 2.28. The molecule has 2 aromatic rings. The van der Waals surface area contributed by atoms with Crippen molar-refractivity contribution in [1.29, 1.82) is 0 Å². The second-order valence-electron chi connectivity index (χ2n) is 5.87. The Morgan fingerprint density at radius 2 is 1.34 bits per heavy atom. The molecule has 0 fully saturated rings. The Hall–Kier alpha value is -3.47. The molecule has 2 heterocycles. The molecule has 0 unspecified atom stereocenters. The zero-order valence-electron chi connectivity index (χ0n) is 16.0. The predicted molar refractivity (Wildman–Crippen MR) is 113 cm³/mol. The van der Waals surface area contributed by atoms with E-state index in [-0.39, 0.29) is 24.7 Å². The minimum absolute atomic E-state index is 0.111. The highest BCUT2D eigenvalue weighted by atomic mass is 32.2. The van der Waals surface area contributed by atoms with Gasteiger partial charge in [0.05, 0.1) is 0 Å². The summed E-state index contributed by atoms with van der Waals surface area (Å²) in [7, 11) is 0. The predicted octanol–water partition coefficient (Wildman–Crippen LogP) is 4.42. The number of nitro groups is 2. The lowest BCUT2D eigenvalue weighted by molar-refractivity contribution is -0.392. The fraction of sp³-hybridized carbons (Fsp3) is 0.222. The van der Waals surface area contributed by atoms with Crippen molar-refractivity contribution in [3.63, 3.8) is 0 Å². The molecule has 152 valence electrons. The van der Waals surface area contributed by atoms with E-state index in [1.54, 1.807) is 24.3 Å². The summed E-state index contributed by atoms with van der Waals surface area (Å²) in [4.78, 5) is 31.2. The number of allylic oxidation sites excluding steroid dienone is 4. The average molecular weight is 416 g/mol. The summed E-state index contributed by atoms with van der Waals surface area (Å²) < 4.78 is 2.91. The van der Waals surface area contributed by atoms with Crippen molar-refractivity contribution in [2.45, 2.75) is 26.9 Å². The molecule has 0 radical (unpaired) electrons. The van der Waals surface area contributed by atoms with Crippen LogP contribution < -0.4 is 0 Å². The fourth-order valence-corrected chi connectivity index (χ4v) is 3.43. The van der Waals surface area contributed by atoms with E-state index in [1.165, 1.54) is 33.3 Å². The van der Waals surface area contributed by atoms with Crippen LogP contribution in [0.2, 0.25) is 0 Å². The van der Waals surface area contributed by atoms with Crippen LogP contribution in [-0.4, -0.2) is 28.9 Å². The Morgan fingerprint density at radius 1 is 0.966 bits per heavy atom. The highest BCUT2D eigenvalue weighted by molar-refractivity contribution is 8.06. The molecule has 0 atom stereocenters. The number of rotatable bonds is 10. The Bertz CT molecular complexity index is 937. The van der Waals surface area contributed by atoms with Gasteiger partial charge < -0.3 is 20.2 Å². The molecule has 2 rings (SSSR count). The normalized spacial score (nSPS) is 12.1. The van der Waals surface area contributed by atoms with E-state index in [0.717, 1.165) is 9.81 Å². The molecule has 2 aromatic heterocycles. The zero-order chi connectivity index (χ0) is 21.6. The number of aromatic nitrogens is 4. The van der Waals surface area contributed by atoms with Crippen LogP contribution in [0.4, 0.5) is 11.6 Å². The van der Waals surface area contributed by atoms with E-state index in [1.807, 2.05) is 13.8 Å². The van der Waals surface area contributed by atoms with Crippen LogP contribution in [0, 0.1) is 20.2 Å². The van der Waals surface area contributed by atoms with Gasteiger partial charge in [0.1, 0.15) is 25.5 Å². The van der Waals surface area contributed by atoms with Crippen molar-refractivity contribution >= 4 is 35.5 Å². The van der Waals surface area contributed by atoms with E-state index >= 15 is 0 Å². The molecule has 0 amide bonds. The molecule has 10 nitrogen and oxygen atoms in total. The van der Waals surface area contributed by atoms with Gasteiger partial charge in [-0.1, -0.05) is 37.1 Å². The summed E-state index contributed by atoms with van der Waals surface area (Å²) in [6, 6.07) is 0. The summed E-state index contributed by atoms with van der Waals surface area (Å²) in [6.07, 6.45) is 9.01. The number of thioether (sulfide) groups is 1. The lowest BCUT2D eigenvalue weighted by Crippen LogP contribution is -2.03. The zero-order valence-corrected chi connectivity index (χ0v) is 16.8. The summed E-state index contributed by atoms with van der Waals surface area (Å²) >= 11 is 1.40. The minimum Gasteiger partial charge on any atom is -0.358 e. The molecule has 0 aliphatic heterocycles. The monoisotopic (exact) mass is 416 g/mol. The lowest BCUT2D eigenvalue weighted by atomic mass is 10.4. The first kappa shape index (κ1) is 21.8. The van der Waals surface area contributed by atoms with Gasteiger partial charge in [0, 0.05) is 12.2 Å². The molecule has 0 bridgehead atoms. The van der Waals surface area contributed by atoms with E-state index < -0.39 is 9.85 Å². The average Bonchev–Trinajstić information content (AvgIpc) is 3.20. The van der Waals surface area contributed by atoms with Crippen LogP contribution in [-0.2, 0) is 13.1 Å². The topological polar surface area (TPSA) is 122 Å². The molecule has 0 aliphatic rings. The second kappa shape index (κ2) is 9.64. The highest BCUT2D eigenvalue weighted by Crippen LogP contribution is 2.29. The third kappa shape index (κ3) is 5.29. The standard InChI is InChI=1S/C18H20N6O4S/c1-5-7-21-15(19-11-17(21)23(25)26)9-13(3)29-14(4)10-16-20-12-18(24(27)28)22(16)8-6-2/h5-6,9-12H,1-2,7-8H2,3-4H3. The van der Waals surface area contributed by atoms with Crippen molar-refractivity contribution in [1.82, 2.24) is 19.1 Å². The summed E-state index contributed by atoms with van der Waals surface area (Å²) in [5.74, 6) is 0.663. The molecular formula is C18H20N6O4S. The van der Waals surface area contributed by atoms with Crippen LogP contribution >= 0.6 is 11.8 Å². The van der Waals surface area contributed by atoms with Crippen molar-refractivity contribution in [2.75, 3.05) is 0 Å². The van der Waals surface area contributed by atoms with Gasteiger partial charge in [0.25, 0.3) is 0 Å². The first-order valence-electron chi connectivity index (χ1n) is 8.44.